The van der Waals surface area contributed by atoms with Gasteiger partial charge < -0.3 is 9.94 Å². The lowest BCUT2D eigenvalue weighted by Gasteiger charge is -2.20. The molecule has 1 atom stereocenters. The van der Waals surface area contributed by atoms with Gasteiger partial charge in [0.05, 0.1) is 11.8 Å². The van der Waals surface area contributed by atoms with Gasteiger partial charge >= 0.3 is 0 Å². The van der Waals surface area contributed by atoms with Crippen molar-refractivity contribution in [1.29, 1.82) is 0 Å². The molecule has 0 spiro atoms. The molecule has 1 fully saturated rings. The third kappa shape index (κ3) is 3.35. The standard InChI is InChI=1S/C10H19NO2/c1-2-13-10-8-6-4-3-5-7-9(10)11-12/h10,12H,2-8H2,1H3/b11-9-. The summed E-state index contributed by atoms with van der Waals surface area (Å²) in [5.74, 6) is 0. The maximum absolute atomic E-state index is 8.81. The highest BCUT2D eigenvalue weighted by Crippen LogP contribution is 2.17. The van der Waals surface area contributed by atoms with E-state index in [0.717, 1.165) is 25.0 Å². The molecule has 1 rings (SSSR count). The monoisotopic (exact) mass is 185 g/mol. The molecule has 0 aromatic heterocycles. The molecule has 0 radical (unpaired) electrons. The molecule has 0 heterocycles. The van der Waals surface area contributed by atoms with Gasteiger partial charge in [0.1, 0.15) is 0 Å². The van der Waals surface area contributed by atoms with Crippen LogP contribution < -0.4 is 0 Å². The van der Waals surface area contributed by atoms with E-state index in [1.165, 1.54) is 19.3 Å². The highest BCUT2D eigenvalue weighted by molar-refractivity contribution is 5.88. The lowest BCUT2D eigenvalue weighted by Crippen LogP contribution is -2.25. The fraction of sp³-hybridized carbons (Fsp3) is 0.900. The number of hydrogen-bond donors (Lipinski definition) is 1. The molecule has 0 aliphatic heterocycles. The number of hydrogen-bond acceptors (Lipinski definition) is 3. The van der Waals surface area contributed by atoms with Crippen LogP contribution in [0.15, 0.2) is 5.16 Å². The molecule has 0 saturated heterocycles. The summed E-state index contributed by atoms with van der Waals surface area (Å²) in [7, 11) is 0. The first-order chi connectivity index (χ1) is 6.38. The highest BCUT2D eigenvalue weighted by Gasteiger charge is 2.18. The Kier molecular flexibility index (Phi) is 4.83. The van der Waals surface area contributed by atoms with Crippen molar-refractivity contribution in [3.8, 4) is 0 Å². The zero-order valence-corrected chi connectivity index (χ0v) is 8.33. The summed E-state index contributed by atoms with van der Waals surface area (Å²) in [4.78, 5) is 0. The van der Waals surface area contributed by atoms with E-state index < -0.39 is 0 Å². The predicted octanol–water partition coefficient (Wildman–Crippen LogP) is 2.58. The normalized spacial score (nSPS) is 28.4. The summed E-state index contributed by atoms with van der Waals surface area (Å²) in [6.45, 7) is 2.68. The van der Waals surface area contributed by atoms with E-state index >= 15 is 0 Å². The first-order valence-corrected chi connectivity index (χ1v) is 5.21. The Labute approximate surface area is 79.8 Å². The topological polar surface area (TPSA) is 41.8 Å². The summed E-state index contributed by atoms with van der Waals surface area (Å²) < 4.78 is 5.53. The number of oxime groups is 1. The largest absolute Gasteiger partial charge is 0.411 e. The summed E-state index contributed by atoms with van der Waals surface area (Å²) in [5, 5.41) is 12.2. The van der Waals surface area contributed by atoms with Gasteiger partial charge in [-0.2, -0.15) is 0 Å². The fourth-order valence-corrected chi connectivity index (χ4v) is 1.81. The van der Waals surface area contributed by atoms with Gasteiger partial charge in [0, 0.05) is 6.61 Å². The Hall–Kier alpha value is -0.570. The molecule has 0 amide bonds. The van der Waals surface area contributed by atoms with E-state index in [0.29, 0.717) is 6.61 Å². The average Bonchev–Trinajstić information content (AvgIpc) is 2.10. The van der Waals surface area contributed by atoms with Gasteiger partial charge in [0.25, 0.3) is 0 Å². The van der Waals surface area contributed by atoms with Crippen LogP contribution in [0.25, 0.3) is 0 Å². The highest BCUT2D eigenvalue weighted by atomic mass is 16.5. The first-order valence-electron chi connectivity index (χ1n) is 5.21. The Morgan fingerprint density at radius 1 is 1.38 bits per heavy atom. The van der Waals surface area contributed by atoms with E-state index in [1.807, 2.05) is 6.92 Å². The van der Waals surface area contributed by atoms with Crippen LogP contribution in [0, 0.1) is 0 Å². The minimum Gasteiger partial charge on any atom is -0.411 e. The smallest absolute Gasteiger partial charge is 0.0988 e. The molecule has 1 N–H and O–H groups in total. The number of rotatable bonds is 2. The van der Waals surface area contributed by atoms with Crippen molar-refractivity contribution in [1.82, 2.24) is 0 Å². The number of ether oxygens (including phenoxy) is 1. The first kappa shape index (κ1) is 10.5. The van der Waals surface area contributed by atoms with Crippen LogP contribution in [0.3, 0.4) is 0 Å². The predicted molar refractivity (Wildman–Crippen MR) is 52.3 cm³/mol. The minimum atomic E-state index is 0.0651. The lowest BCUT2D eigenvalue weighted by atomic mass is 9.97. The Morgan fingerprint density at radius 3 is 2.85 bits per heavy atom. The van der Waals surface area contributed by atoms with Crippen LogP contribution in [0.5, 0.6) is 0 Å². The van der Waals surface area contributed by atoms with Crippen molar-refractivity contribution in [3.63, 3.8) is 0 Å². The Morgan fingerprint density at radius 2 is 2.15 bits per heavy atom. The van der Waals surface area contributed by atoms with Gasteiger partial charge in [0.15, 0.2) is 0 Å². The van der Waals surface area contributed by atoms with E-state index in [9.17, 15) is 0 Å². The summed E-state index contributed by atoms with van der Waals surface area (Å²) >= 11 is 0. The molecule has 76 valence electrons. The van der Waals surface area contributed by atoms with E-state index in [-0.39, 0.29) is 6.10 Å². The second-order valence-corrected chi connectivity index (χ2v) is 3.49. The van der Waals surface area contributed by atoms with E-state index in [1.54, 1.807) is 0 Å². The van der Waals surface area contributed by atoms with E-state index in [4.69, 9.17) is 9.94 Å². The number of nitrogens with zero attached hydrogens (tertiary/aromatic N) is 1. The molecule has 0 bridgehead atoms. The summed E-state index contributed by atoms with van der Waals surface area (Å²) in [6, 6.07) is 0. The molecule has 1 unspecified atom stereocenters. The van der Waals surface area contributed by atoms with Crippen molar-refractivity contribution < 1.29 is 9.94 Å². The van der Waals surface area contributed by atoms with Gasteiger partial charge in [-0.25, -0.2) is 0 Å². The summed E-state index contributed by atoms with van der Waals surface area (Å²) in [6.07, 6.45) is 6.80. The fourth-order valence-electron chi connectivity index (χ4n) is 1.81. The van der Waals surface area contributed by atoms with Crippen molar-refractivity contribution in [2.75, 3.05) is 6.61 Å². The SMILES string of the molecule is CCOC1CCCCCC/C1=N/O. The third-order valence-corrected chi connectivity index (χ3v) is 2.52. The van der Waals surface area contributed by atoms with Gasteiger partial charge in [-0.15, -0.1) is 0 Å². The maximum atomic E-state index is 8.81. The maximum Gasteiger partial charge on any atom is 0.0988 e. The molecule has 3 nitrogen and oxygen atoms in total. The van der Waals surface area contributed by atoms with Crippen LogP contribution in [0.2, 0.25) is 0 Å². The molecular formula is C10H19NO2. The van der Waals surface area contributed by atoms with Crippen molar-refractivity contribution in [3.05, 3.63) is 0 Å². The molecular weight excluding hydrogens is 166 g/mol. The van der Waals surface area contributed by atoms with Crippen LogP contribution in [0.4, 0.5) is 0 Å². The molecule has 1 saturated carbocycles. The second-order valence-electron chi connectivity index (χ2n) is 3.49. The second kappa shape index (κ2) is 5.97. The summed E-state index contributed by atoms with van der Waals surface area (Å²) in [5.41, 5.74) is 0.835. The van der Waals surface area contributed by atoms with Gasteiger partial charge in [0.2, 0.25) is 0 Å². The Balaban J connectivity index is 2.50. The third-order valence-electron chi connectivity index (χ3n) is 2.52. The zero-order valence-electron chi connectivity index (χ0n) is 8.33. The van der Waals surface area contributed by atoms with Crippen LogP contribution >= 0.6 is 0 Å². The lowest BCUT2D eigenvalue weighted by molar-refractivity contribution is 0.0953. The van der Waals surface area contributed by atoms with Crippen LogP contribution in [-0.4, -0.2) is 23.6 Å². The minimum absolute atomic E-state index is 0.0651. The molecule has 0 aromatic rings. The van der Waals surface area contributed by atoms with Crippen molar-refractivity contribution in [2.45, 2.75) is 51.6 Å². The molecule has 1 aliphatic rings. The average molecular weight is 185 g/mol. The van der Waals surface area contributed by atoms with E-state index in [2.05, 4.69) is 5.16 Å². The van der Waals surface area contributed by atoms with Crippen molar-refractivity contribution in [2.24, 2.45) is 5.16 Å². The van der Waals surface area contributed by atoms with Gasteiger partial charge in [-0.05, 0) is 26.2 Å². The molecule has 1 aliphatic carbocycles. The zero-order chi connectivity index (χ0) is 9.52. The van der Waals surface area contributed by atoms with Gasteiger partial charge in [-0.1, -0.05) is 24.4 Å². The Bertz CT molecular complexity index is 168. The van der Waals surface area contributed by atoms with Crippen LogP contribution in [-0.2, 0) is 4.74 Å². The molecule has 0 aromatic carbocycles. The molecule has 3 heteroatoms. The van der Waals surface area contributed by atoms with Gasteiger partial charge in [-0.3, -0.25) is 0 Å². The van der Waals surface area contributed by atoms with Crippen molar-refractivity contribution >= 4 is 5.71 Å². The molecule has 13 heavy (non-hydrogen) atoms. The van der Waals surface area contributed by atoms with Crippen LogP contribution in [0.1, 0.15) is 45.4 Å². The quantitative estimate of drug-likeness (QED) is 0.530.